The van der Waals surface area contributed by atoms with E-state index < -0.39 is 0 Å². The lowest BCUT2D eigenvalue weighted by atomic mass is 9.98. The lowest BCUT2D eigenvalue weighted by molar-refractivity contribution is -0.432. The monoisotopic (exact) mass is 318 g/mol. The third-order valence-electron chi connectivity index (χ3n) is 5.14. The molecule has 0 aromatic carbocycles. The normalized spacial score (nSPS) is 23.0. The van der Waals surface area contributed by atoms with Crippen molar-refractivity contribution < 1.29 is 19.7 Å². The predicted octanol–water partition coefficient (Wildman–Crippen LogP) is 4.87. The minimum atomic E-state index is -0.128. The van der Waals surface area contributed by atoms with Crippen LogP contribution in [-0.4, -0.2) is 21.2 Å². The minimum Gasteiger partial charge on any atom is -0.393 e. The molecule has 0 bridgehead atoms. The SMILES string of the molecule is CC1(CCCCC(O)CCCCC2(SOOO)CC2)CC1. The Hall–Kier alpha value is 0.190. The number of hydrogen-bond acceptors (Lipinski definition) is 5. The number of hydrogen-bond donors (Lipinski definition) is 2. The Morgan fingerprint density at radius 1 is 1.00 bits per heavy atom. The molecule has 0 saturated heterocycles. The molecular weight excluding hydrogens is 288 g/mol. The van der Waals surface area contributed by atoms with E-state index in [0.29, 0.717) is 5.41 Å². The maximum Gasteiger partial charge on any atom is 0.0540 e. The first-order chi connectivity index (χ1) is 10.1. The second-order valence-electron chi connectivity index (χ2n) is 7.36. The third-order valence-corrected chi connectivity index (χ3v) is 6.23. The number of unbranched alkanes of at least 4 members (excludes halogenated alkanes) is 2. The van der Waals surface area contributed by atoms with E-state index in [1.807, 2.05) is 0 Å². The summed E-state index contributed by atoms with van der Waals surface area (Å²) in [7, 11) is 0. The van der Waals surface area contributed by atoms with Gasteiger partial charge in [-0.2, -0.15) is 0 Å². The molecule has 21 heavy (non-hydrogen) atoms. The van der Waals surface area contributed by atoms with Crippen molar-refractivity contribution in [1.82, 2.24) is 0 Å². The van der Waals surface area contributed by atoms with Crippen LogP contribution in [0, 0.1) is 5.41 Å². The fraction of sp³-hybridized carbons (Fsp3) is 1.00. The highest BCUT2D eigenvalue weighted by Crippen LogP contribution is 2.52. The summed E-state index contributed by atoms with van der Waals surface area (Å²) in [4.78, 5) is 0. The summed E-state index contributed by atoms with van der Waals surface area (Å²) in [5.74, 6) is 0. The number of aliphatic hydroxyl groups excluding tert-OH is 1. The van der Waals surface area contributed by atoms with E-state index >= 15 is 0 Å². The first-order valence-electron chi connectivity index (χ1n) is 8.42. The van der Waals surface area contributed by atoms with Gasteiger partial charge in [0.05, 0.1) is 6.10 Å². The Bertz CT molecular complexity index is 303. The summed E-state index contributed by atoms with van der Waals surface area (Å²) in [5, 5.41) is 21.8. The third kappa shape index (κ3) is 6.87. The second kappa shape index (κ2) is 8.16. The number of aliphatic hydroxyl groups is 1. The van der Waals surface area contributed by atoms with Crippen LogP contribution in [0.5, 0.6) is 0 Å². The van der Waals surface area contributed by atoms with Gasteiger partial charge in [0.25, 0.3) is 0 Å². The molecule has 0 radical (unpaired) electrons. The van der Waals surface area contributed by atoms with E-state index in [9.17, 15) is 5.11 Å². The quantitative estimate of drug-likeness (QED) is 0.219. The van der Waals surface area contributed by atoms with Crippen molar-refractivity contribution in [3.63, 3.8) is 0 Å². The highest BCUT2D eigenvalue weighted by Gasteiger charge is 2.44. The Kier molecular flexibility index (Phi) is 6.81. The van der Waals surface area contributed by atoms with Crippen molar-refractivity contribution in [1.29, 1.82) is 0 Å². The van der Waals surface area contributed by atoms with Gasteiger partial charge in [0.1, 0.15) is 0 Å². The van der Waals surface area contributed by atoms with Crippen molar-refractivity contribution in [3.8, 4) is 0 Å². The van der Waals surface area contributed by atoms with Crippen LogP contribution in [-0.2, 0) is 9.37 Å². The van der Waals surface area contributed by atoms with Gasteiger partial charge >= 0.3 is 0 Å². The van der Waals surface area contributed by atoms with Crippen molar-refractivity contribution in [2.24, 2.45) is 5.41 Å². The Morgan fingerprint density at radius 2 is 1.62 bits per heavy atom. The van der Waals surface area contributed by atoms with Crippen molar-refractivity contribution in [3.05, 3.63) is 0 Å². The van der Waals surface area contributed by atoms with Crippen LogP contribution in [0.2, 0.25) is 0 Å². The fourth-order valence-electron chi connectivity index (χ4n) is 2.97. The summed E-state index contributed by atoms with van der Waals surface area (Å²) >= 11 is 1.24. The minimum absolute atomic E-state index is 0.128. The van der Waals surface area contributed by atoms with E-state index in [0.717, 1.165) is 51.4 Å². The summed E-state index contributed by atoms with van der Waals surface area (Å²) in [5.41, 5.74) is 0.654. The van der Waals surface area contributed by atoms with Crippen molar-refractivity contribution in [2.75, 3.05) is 0 Å². The molecule has 5 heteroatoms. The average molecular weight is 318 g/mol. The van der Waals surface area contributed by atoms with Gasteiger partial charge in [0.15, 0.2) is 0 Å². The van der Waals surface area contributed by atoms with Crippen LogP contribution in [0.3, 0.4) is 0 Å². The van der Waals surface area contributed by atoms with Gasteiger partial charge in [-0.1, -0.05) is 37.6 Å². The maximum atomic E-state index is 10.00. The molecule has 0 aromatic heterocycles. The van der Waals surface area contributed by atoms with Gasteiger partial charge in [0.2, 0.25) is 0 Å². The van der Waals surface area contributed by atoms with Gasteiger partial charge in [-0.3, -0.25) is 0 Å². The van der Waals surface area contributed by atoms with E-state index in [2.05, 4.69) is 16.3 Å². The first-order valence-corrected chi connectivity index (χ1v) is 9.16. The molecule has 124 valence electrons. The van der Waals surface area contributed by atoms with Crippen LogP contribution in [0.15, 0.2) is 0 Å². The first kappa shape index (κ1) is 17.5. The lowest BCUT2D eigenvalue weighted by Crippen LogP contribution is -2.08. The largest absolute Gasteiger partial charge is 0.393 e. The Morgan fingerprint density at radius 3 is 2.14 bits per heavy atom. The Balaban J connectivity index is 1.41. The van der Waals surface area contributed by atoms with Gasteiger partial charge < -0.3 is 5.11 Å². The standard InChI is InChI=1S/C16H30O4S/c1-15(10-11-15)8-4-2-6-14(17)7-3-5-9-16(12-13-16)21-20-19-18/h14,17-18H,2-13H2,1H3. The zero-order valence-electron chi connectivity index (χ0n) is 13.2. The van der Waals surface area contributed by atoms with Crippen LogP contribution < -0.4 is 0 Å². The molecule has 0 aromatic rings. The molecule has 2 saturated carbocycles. The molecule has 2 rings (SSSR count). The molecule has 1 unspecified atom stereocenters. The smallest absolute Gasteiger partial charge is 0.0540 e. The topological polar surface area (TPSA) is 58.9 Å². The lowest BCUT2D eigenvalue weighted by Gasteiger charge is -2.14. The van der Waals surface area contributed by atoms with E-state index in [-0.39, 0.29) is 10.9 Å². The zero-order chi connectivity index (χ0) is 15.2. The molecular formula is C16H30O4S. The van der Waals surface area contributed by atoms with Gasteiger partial charge in [0, 0.05) is 16.8 Å². The van der Waals surface area contributed by atoms with Crippen LogP contribution in [0.25, 0.3) is 0 Å². The van der Waals surface area contributed by atoms with Crippen molar-refractivity contribution in [2.45, 2.75) is 94.8 Å². The zero-order valence-corrected chi connectivity index (χ0v) is 14.0. The summed E-state index contributed by atoms with van der Waals surface area (Å²) < 4.78 is 4.72. The molecule has 2 N–H and O–H groups in total. The molecule has 2 fully saturated rings. The van der Waals surface area contributed by atoms with E-state index in [1.165, 1.54) is 37.7 Å². The summed E-state index contributed by atoms with van der Waals surface area (Å²) in [6.45, 7) is 2.38. The molecule has 0 aliphatic heterocycles. The van der Waals surface area contributed by atoms with Crippen molar-refractivity contribution >= 4 is 12.0 Å². The molecule has 0 amide bonds. The molecule has 1 atom stereocenters. The summed E-state index contributed by atoms with van der Waals surface area (Å²) in [6, 6.07) is 0. The molecule has 2 aliphatic carbocycles. The summed E-state index contributed by atoms with van der Waals surface area (Å²) in [6.07, 6.45) is 13.8. The molecule has 0 heterocycles. The predicted molar refractivity (Wildman–Crippen MR) is 84.6 cm³/mol. The highest BCUT2D eigenvalue weighted by molar-refractivity contribution is 7.96. The van der Waals surface area contributed by atoms with Gasteiger partial charge in [-0.15, -0.1) is 4.33 Å². The van der Waals surface area contributed by atoms with E-state index in [1.54, 1.807) is 0 Å². The van der Waals surface area contributed by atoms with Crippen LogP contribution >= 0.6 is 12.0 Å². The Labute approximate surface area is 132 Å². The highest BCUT2D eigenvalue weighted by atomic mass is 32.2. The average Bonchev–Trinajstić information content (AvgIpc) is 3.38. The van der Waals surface area contributed by atoms with Gasteiger partial charge in [-0.25, -0.2) is 5.26 Å². The van der Waals surface area contributed by atoms with E-state index in [4.69, 9.17) is 5.26 Å². The molecule has 2 aliphatic rings. The maximum absolute atomic E-state index is 10.00. The van der Waals surface area contributed by atoms with Gasteiger partial charge in [-0.05, 0) is 56.8 Å². The number of rotatable bonds is 13. The molecule has 0 spiro atoms. The fourth-order valence-corrected chi connectivity index (χ4v) is 3.64. The van der Waals surface area contributed by atoms with Crippen LogP contribution in [0.1, 0.15) is 84.0 Å². The second-order valence-corrected chi connectivity index (χ2v) is 8.53. The molecule has 4 nitrogen and oxygen atoms in total. The van der Waals surface area contributed by atoms with Crippen LogP contribution in [0.4, 0.5) is 0 Å².